The van der Waals surface area contributed by atoms with Gasteiger partial charge in [-0.15, -0.1) is 0 Å². The Kier molecular flexibility index (Phi) is 22.6. The van der Waals surface area contributed by atoms with Crippen molar-refractivity contribution < 1.29 is 28.6 Å². The summed E-state index contributed by atoms with van der Waals surface area (Å²) in [4.78, 5) is 40.0. The smallest absolute Gasteiger partial charge is 0.319 e. The lowest BCUT2D eigenvalue weighted by Crippen LogP contribution is -2.31. The van der Waals surface area contributed by atoms with Crippen LogP contribution in [0.4, 0.5) is 31.4 Å². The highest BCUT2D eigenvalue weighted by molar-refractivity contribution is 5.91. The van der Waals surface area contributed by atoms with E-state index >= 15 is 0 Å². The van der Waals surface area contributed by atoms with E-state index in [1.807, 2.05) is 185 Å². The van der Waals surface area contributed by atoms with E-state index in [1.165, 1.54) is 16.7 Å². The number of carbonyl (C=O) groups excluding carboxylic acids is 3. The highest BCUT2D eigenvalue weighted by Gasteiger charge is 2.26. The van der Waals surface area contributed by atoms with Gasteiger partial charge in [-0.2, -0.15) is 0 Å². The van der Waals surface area contributed by atoms with Crippen LogP contribution in [0.3, 0.4) is 0 Å². The van der Waals surface area contributed by atoms with Crippen LogP contribution in [-0.4, -0.2) is 18.1 Å². The minimum atomic E-state index is -0.314. The summed E-state index contributed by atoms with van der Waals surface area (Å²) in [7, 11) is 0. The fraction of sp³-hybridized carbons (Fsp3) is 0.348. The van der Waals surface area contributed by atoms with Crippen molar-refractivity contribution in [2.24, 2.45) is 17.8 Å². The van der Waals surface area contributed by atoms with Crippen molar-refractivity contribution in [3.8, 4) is 17.2 Å². The molecule has 7 rings (SSSR count). The van der Waals surface area contributed by atoms with Gasteiger partial charge >= 0.3 is 18.1 Å². The van der Waals surface area contributed by atoms with E-state index in [1.54, 1.807) is 0 Å². The largest absolute Gasteiger partial charge is 0.489 e. The van der Waals surface area contributed by atoms with Crippen LogP contribution < -0.4 is 46.1 Å². The minimum Gasteiger partial charge on any atom is -0.489 e. The molecule has 0 bridgehead atoms. The second kappa shape index (κ2) is 30.4. The SMILES string of the molecule is CC(C)CCc1c(COc2cccc(NC(=O)N[C@H](C)c3ccccc3)c2)c(CCC(C)C)c(COc2cccc(NC(=O)N[C@H](C)c3ccccc3)c2)c(CCC(C)C)c1COc1cccc(NC(=O)N[C@H](C)c2ccccc2)c1. The monoisotopic (exact) mass is 1090 g/mol. The number of carbonyl (C=O) groups is 3. The Morgan fingerprint density at radius 2 is 0.593 bits per heavy atom. The highest BCUT2D eigenvalue weighted by Crippen LogP contribution is 2.37. The highest BCUT2D eigenvalue weighted by atomic mass is 16.5. The Hall–Kier alpha value is -8.25. The second-order valence-electron chi connectivity index (χ2n) is 22.3. The van der Waals surface area contributed by atoms with Gasteiger partial charge in [-0.1, -0.05) is 151 Å². The molecule has 81 heavy (non-hydrogen) atoms. The van der Waals surface area contributed by atoms with Crippen LogP contribution in [-0.2, 0) is 39.1 Å². The number of anilines is 3. The van der Waals surface area contributed by atoms with Crippen molar-refractivity contribution in [2.45, 2.75) is 139 Å². The van der Waals surface area contributed by atoms with Gasteiger partial charge < -0.3 is 46.1 Å². The predicted octanol–water partition coefficient (Wildman–Crippen LogP) is 16.8. The molecule has 12 heteroatoms. The Morgan fingerprint density at radius 3 is 0.840 bits per heavy atom. The summed E-state index contributed by atoms with van der Waals surface area (Å²) >= 11 is 0. The summed E-state index contributed by atoms with van der Waals surface area (Å²) in [6, 6.07) is 50.7. The molecule has 0 aliphatic rings. The molecule has 0 aliphatic heterocycles. The molecule has 0 aliphatic carbocycles. The van der Waals surface area contributed by atoms with Crippen molar-refractivity contribution in [3.63, 3.8) is 0 Å². The minimum absolute atomic E-state index is 0.193. The molecule has 0 aromatic heterocycles. The summed E-state index contributed by atoms with van der Waals surface area (Å²) < 4.78 is 20.7. The molecular formula is C69H84N6O6. The van der Waals surface area contributed by atoms with Crippen LogP contribution in [0.25, 0.3) is 0 Å². The molecule has 0 saturated carbocycles. The number of amides is 6. The molecule has 0 heterocycles. The van der Waals surface area contributed by atoms with Gasteiger partial charge in [0.05, 0.1) is 18.1 Å². The molecular weight excluding hydrogens is 1010 g/mol. The van der Waals surface area contributed by atoms with Gasteiger partial charge in [0.25, 0.3) is 0 Å². The fourth-order valence-electron chi connectivity index (χ4n) is 9.84. The molecule has 3 atom stereocenters. The van der Waals surface area contributed by atoms with E-state index in [9.17, 15) is 14.4 Å². The normalized spacial score (nSPS) is 12.3. The van der Waals surface area contributed by atoms with Crippen LogP contribution in [0.5, 0.6) is 17.2 Å². The molecule has 7 aromatic carbocycles. The standard InChI is InChI=1S/C69H84N6O6/c1-46(2)34-37-61-64(43-79-58-31-19-28-55(40-58)73-67(76)70-49(7)52-22-13-10-14-23-52)62(38-35-47(3)4)66(45-81-60-33-21-30-57(42-60)75-69(78)72-51(9)54-26-17-12-18-27-54)63(39-36-48(5)6)65(61)44-80-59-32-20-29-56(41-59)74-68(77)71-50(8)53-24-15-11-16-25-53/h10-33,40-42,46-51H,34-39,43-45H2,1-9H3,(H2,70,73,76)(H2,71,74,77)(H2,72,75,78)/t49-,50-,51-/m1/s1. The first-order valence-corrected chi connectivity index (χ1v) is 28.8. The van der Waals surface area contributed by atoms with Gasteiger partial charge in [0.2, 0.25) is 0 Å². The molecule has 0 saturated heterocycles. The summed E-state index contributed by atoms with van der Waals surface area (Å²) in [5, 5.41) is 18.2. The Balaban J connectivity index is 1.25. The molecule has 6 N–H and O–H groups in total. The Bertz CT molecular complexity index is 2760. The van der Waals surface area contributed by atoms with E-state index in [0.717, 1.165) is 71.9 Å². The topological polar surface area (TPSA) is 151 Å². The van der Waals surface area contributed by atoms with Gasteiger partial charge in [-0.25, -0.2) is 14.4 Å². The van der Waals surface area contributed by atoms with Gasteiger partial charge in [0.15, 0.2) is 0 Å². The molecule has 0 spiro atoms. The van der Waals surface area contributed by atoms with Crippen molar-refractivity contribution in [1.82, 2.24) is 16.0 Å². The average Bonchev–Trinajstić information content (AvgIpc) is 3.64. The number of rotatable bonds is 27. The zero-order valence-corrected chi connectivity index (χ0v) is 48.9. The third-order valence-corrected chi connectivity index (χ3v) is 14.5. The summed E-state index contributed by atoms with van der Waals surface area (Å²) in [6.07, 6.45) is 5.19. The van der Waals surface area contributed by atoms with Crippen LogP contribution >= 0.6 is 0 Å². The van der Waals surface area contributed by atoms with Crippen LogP contribution in [0.1, 0.15) is 150 Å². The molecule has 6 amide bonds. The first-order valence-electron chi connectivity index (χ1n) is 28.8. The molecule has 7 aromatic rings. The molecule has 0 unspecified atom stereocenters. The zero-order chi connectivity index (χ0) is 57.7. The van der Waals surface area contributed by atoms with E-state index < -0.39 is 0 Å². The quantitative estimate of drug-likeness (QED) is 0.0302. The van der Waals surface area contributed by atoms with E-state index in [4.69, 9.17) is 14.2 Å². The van der Waals surface area contributed by atoms with Gasteiger partial charge in [-0.05, 0) is 164 Å². The second-order valence-corrected chi connectivity index (χ2v) is 22.3. The molecule has 426 valence electrons. The average molecular weight is 1090 g/mol. The van der Waals surface area contributed by atoms with Crippen molar-refractivity contribution in [2.75, 3.05) is 16.0 Å². The van der Waals surface area contributed by atoms with Crippen LogP contribution in [0.15, 0.2) is 164 Å². The molecule has 0 radical (unpaired) electrons. The lowest BCUT2D eigenvalue weighted by molar-refractivity contribution is 0.248. The van der Waals surface area contributed by atoms with Gasteiger partial charge in [0.1, 0.15) is 37.1 Å². The van der Waals surface area contributed by atoms with Gasteiger partial charge in [0, 0.05) is 35.3 Å². The third kappa shape index (κ3) is 18.9. The zero-order valence-electron chi connectivity index (χ0n) is 48.9. The lowest BCUT2D eigenvalue weighted by atomic mass is 9.80. The van der Waals surface area contributed by atoms with Crippen molar-refractivity contribution in [3.05, 3.63) is 214 Å². The van der Waals surface area contributed by atoms with Crippen LogP contribution in [0.2, 0.25) is 0 Å². The van der Waals surface area contributed by atoms with E-state index in [-0.39, 0.29) is 56.0 Å². The first-order chi connectivity index (χ1) is 39.1. The predicted molar refractivity (Wildman–Crippen MR) is 329 cm³/mol. The summed E-state index contributed by atoms with van der Waals surface area (Å²) in [5.41, 5.74) is 11.8. The number of benzene rings is 7. The van der Waals surface area contributed by atoms with E-state index in [0.29, 0.717) is 52.1 Å². The first kappa shape index (κ1) is 60.4. The van der Waals surface area contributed by atoms with Crippen molar-refractivity contribution in [1.29, 1.82) is 0 Å². The maximum atomic E-state index is 13.3. The summed E-state index contributed by atoms with van der Waals surface area (Å²) in [5.74, 6) is 3.09. The Labute approximate surface area is 481 Å². The number of hydrogen-bond donors (Lipinski definition) is 6. The third-order valence-electron chi connectivity index (χ3n) is 14.5. The Morgan fingerprint density at radius 1 is 0.333 bits per heavy atom. The number of hydrogen-bond acceptors (Lipinski definition) is 6. The molecule has 0 fully saturated rings. The van der Waals surface area contributed by atoms with E-state index in [2.05, 4.69) is 73.4 Å². The number of nitrogens with one attached hydrogen (secondary N) is 6. The maximum absolute atomic E-state index is 13.3. The maximum Gasteiger partial charge on any atom is 0.319 e. The number of ether oxygens (including phenoxy) is 3. The van der Waals surface area contributed by atoms with Gasteiger partial charge in [-0.3, -0.25) is 0 Å². The van der Waals surface area contributed by atoms with Crippen LogP contribution in [0, 0.1) is 17.8 Å². The number of urea groups is 3. The summed E-state index contributed by atoms with van der Waals surface area (Å²) in [6.45, 7) is 20.2. The molecule has 12 nitrogen and oxygen atoms in total. The van der Waals surface area contributed by atoms with Crippen molar-refractivity contribution >= 4 is 35.2 Å². The lowest BCUT2D eigenvalue weighted by Gasteiger charge is -2.29. The fourth-order valence-corrected chi connectivity index (χ4v) is 9.84.